The molecule has 102 valence electrons. The Kier molecular flexibility index (Phi) is 4.04. The fourth-order valence-electron chi connectivity index (χ4n) is 1.69. The molecule has 2 rings (SSSR count). The van der Waals surface area contributed by atoms with E-state index in [1.807, 2.05) is 38.7 Å². The Balaban J connectivity index is 2.13. The Bertz CT molecular complexity index is 576. The Morgan fingerprint density at radius 1 is 1.37 bits per heavy atom. The quantitative estimate of drug-likeness (QED) is 0.875. The van der Waals surface area contributed by atoms with Gasteiger partial charge in [0.05, 0.1) is 6.20 Å². The smallest absolute Gasteiger partial charge is 0.135 e. The molecule has 0 aliphatic rings. The molecule has 0 aliphatic heterocycles. The Labute approximate surface area is 118 Å². The zero-order valence-corrected chi connectivity index (χ0v) is 12.4. The largest absolute Gasteiger partial charge is 0.366 e. The van der Waals surface area contributed by atoms with Gasteiger partial charge in [-0.05, 0) is 6.92 Å². The lowest BCUT2D eigenvalue weighted by Gasteiger charge is -2.09. The maximum absolute atomic E-state index is 6.00. The highest BCUT2D eigenvalue weighted by molar-refractivity contribution is 6.29. The van der Waals surface area contributed by atoms with Crippen LogP contribution in [0.4, 0.5) is 5.82 Å². The first-order valence-corrected chi connectivity index (χ1v) is 6.61. The second kappa shape index (κ2) is 5.57. The van der Waals surface area contributed by atoms with Gasteiger partial charge in [-0.3, -0.25) is 4.68 Å². The average molecular weight is 280 g/mol. The van der Waals surface area contributed by atoms with E-state index in [1.54, 1.807) is 6.07 Å². The summed E-state index contributed by atoms with van der Waals surface area (Å²) < 4.78 is 1.85. The molecule has 0 radical (unpaired) electrons. The summed E-state index contributed by atoms with van der Waals surface area (Å²) in [5.74, 6) is 1.74. The van der Waals surface area contributed by atoms with Crippen molar-refractivity contribution in [3.8, 4) is 0 Å². The number of aromatic nitrogens is 4. The van der Waals surface area contributed by atoms with Crippen LogP contribution in [0.3, 0.4) is 0 Å². The molecule has 0 saturated heterocycles. The van der Waals surface area contributed by atoms with Crippen LogP contribution in [0.2, 0.25) is 5.15 Å². The van der Waals surface area contributed by atoms with Gasteiger partial charge in [-0.25, -0.2) is 9.97 Å². The standard InChI is InChI=1S/C13H18ClN5/c1-8(2)13-17-11(14)5-12(18-13)15-6-10-7-16-19(4)9(10)3/h5,7-8H,6H2,1-4H3,(H,15,17,18). The lowest BCUT2D eigenvalue weighted by molar-refractivity contribution is 0.738. The molecule has 0 aromatic carbocycles. The normalized spacial score (nSPS) is 11.1. The number of hydrogen-bond donors (Lipinski definition) is 1. The van der Waals surface area contributed by atoms with Crippen molar-refractivity contribution in [3.05, 3.63) is 34.5 Å². The second-order valence-electron chi connectivity index (χ2n) is 4.82. The van der Waals surface area contributed by atoms with Crippen molar-refractivity contribution < 1.29 is 0 Å². The number of nitrogens with one attached hydrogen (secondary N) is 1. The molecular formula is C13H18ClN5. The van der Waals surface area contributed by atoms with E-state index in [1.165, 1.54) is 0 Å². The fourth-order valence-corrected chi connectivity index (χ4v) is 1.88. The summed E-state index contributed by atoms with van der Waals surface area (Å²) in [6.07, 6.45) is 1.86. The Morgan fingerprint density at radius 2 is 2.11 bits per heavy atom. The van der Waals surface area contributed by atoms with Crippen LogP contribution in [0.1, 0.15) is 36.8 Å². The van der Waals surface area contributed by atoms with Crippen LogP contribution >= 0.6 is 11.6 Å². The van der Waals surface area contributed by atoms with Crippen LogP contribution in [-0.4, -0.2) is 19.7 Å². The zero-order chi connectivity index (χ0) is 14.0. The van der Waals surface area contributed by atoms with E-state index in [9.17, 15) is 0 Å². The molecule has 0 spiro atoms. The molecule has 0 saturated carbocycles. The molecule has 2 aromatic rings. The van der Waals surface area contributed by atoms with E-state index in [4.69, 9.17) is 11.6 Å². The minimum atomic E-state index is 0.249. The lowest BCUT2D eigenvalue weighted by atomic mass is 10.2. The third kappa shape index (κ3) is 3.23. The summed E-state index contributed by atoms with van der Waals surface area (Å²) in [5.41, 5.74) is 2.28. The highest BCUT2D eigenvalue weighted by Crippen LogP contribution is 2.18. The summed E-state index contributed by atoms with van der Waals surface area (Å²) >= 11 is 6.00. The van der Waals surface area contributed by atoms with Crippen LogP contribution in [0.5, 0.6) is 0 Å². The van der Waals surface area contributed by atoms with Gasteiger partial charge in [-0.1, -0.05) is 25.4 Å². The average Bonchev–Trinajstić information content (AvgIpc) is 2.67. The first-order valence-electron chi connectivity index (χ1n) is 6.23. The minimum absolute atomic E-state index is 0.249. The van der Waals surface area contributed by atoms with Crippen molar-refractivity contribution in [3.63, 3.8) is 0 Å². The number of rotatable bonds is 4. The maximum Gasteiger partial charge on any atom is 0.135 e. The molecule has 6 heteroatoms. The van der Waals surface area contributed by atoms with Crippen molar-refractivity contribution in [2.24, 2.45) is 7.05 Å². The highest BCUT2D eigenvalue weighted by Gasteiger charge is 2.08. The molecule has 19 heavy (non-hydrogen) atoms. The summed E-state index contributed by atoms with van der Waals surface area (Å²) in [6, 6.07) is 1.74. The van der Waals surface area contributed by atoms with Gasteiger partial charge in [0.2, 0.25) is 0 Å². The second-order valence-corrected chi connectivity index (χ2v) is 5.21. The van der Waals surface area contributed by atoms with Crippen molar-refractivity contribution in [1.29, 1.82) is 0 Å². The third-order valence-electron chi connectivity index (χ3n) is 3.03. The lowest BCUT2D eigenvalue weighted by Crippen LogP contribution is -2.06. The van der Waals surface area contributed by atoms with Gasteiger partial charge in [-0.2, -0.15) is 5.10 Å². The SMILES string of the molecule is Cc1c(CNc2cc(Cl)nc(C(C)C)n2)cnn1C. The molecule has 2 aromatic heterocycles. The van der Waals surface area contributed by atoms with Gasteiger partial charge >= 0.3 is 0 Å². The van der Waals surface area contributed by atoms with Crippen molar-refractivity contribution in [2.75, 3.05) is 5.32 Å². The minimum Gasteiger partial charge on any atom is -0.366 e. The van der Waals surface area contributed by atoms with Crippen LogP contribution in [-0.2, 0) is 13.6 Å². The van der Waals surface area contributed by atoms with E-state index >= 15 is 0 Å². The molecule has 0 aliphatic carbocycles. The summed E-state index contributed by atoms with van der Waals surface area (Å²) in [7, 11) is 1.93. The highest BCUT2D eigenvalue weighted by atomic mass is 35.5. The Morgan fingerprint density at radius 3 is 2.68 bits per heavy atom. The van der Waals surface area contributed by atoms with Gasteiger partial charge in [0, 0.05) is 36.8 Å². The predicted molar refractivity (Wildman–Crippen MR) is 76.4 cm³/mol. The zero-order valence-electron chi connectivity index (χ0n) is 11.6. The predicted octanol–water partition coefficient (Wildman–Crippen LogP) is 2.91. The number of anilines is 1. The van der Waals surface area contributed by atoms with Crippen molar-refractivity contribution in [2.45, 2.75) is 33.2 Å². The molecule has 1 N–H and O–H groups in total. The number of hydrogen-bond acceptors (Lipinski definition) is 4. The maximum atomic E-state index is 6.00. The molecule has 0 amide bonds. The number of nitrogens with zero attached hydrogens (tertiary/aromatic N) is 4. The van der Waals surface area contributed by atoms with E-state index in [0.717, 1.165) is 22.9 Å². The molecule has 2 heterocycles. The summed E-state index contributed by atoms with van der Waals surface area (Å²) in [5, 5.41) is 7.93. The van der Waals surface area contributed by atoms with Crippen LogP contribution in [0.25, 0.3) is 0 Å². The monoisotopic (exact) mass is 279 g/mol. The van der Waals surface area contributed by atoms with E-state index in [0.29, 0.717) is 11.7 Å². The van der Waals surface area contributed by atoms with E-state index in [-0.39, 0.29) is 5.92 Å². The molecular weight excluding hydrogens is 262 g/mol. The summed E-state index contributed by atoms with van der Waals surface area (Å²) in [6.45, 7) is 6.79. The van der Waals surface area contributed by atoms with Gasteiger partial charge in [0.15, 0.2) is 0 Å². The van der Waals surface area contributed by atoms with E-state index in [2.05, 4.69) is 20.4 Å². The molecule has 5 nitrogen and oxygen atoms in total. The van der Waals surface area contributed by atoms with Crippen LogP contribution in [0.15, 0.2) is 12.3 Å². The third-order valence-corrected chi connectivity index (χ3v) is 3.22. The fraction of sp³-hybridized carbons (Fsp3) is 0.462. The molecule has 0 unspecified atom stereocenters. The van der Waals surface area contributed by atoms with Gasteiger partial charge in [0.25, 0.3) is 0 Å². The van der Waals surface area contributed by atoms with Crippen molar-refractivity contribution in [1.82, 2.24) is 19.7 Å². The molecule has 0 bridgehead atoms. The van der Waals surface area contributed by atoms with Crippen molar-refractivity contribution >= 4 is 17.4 Å². The molecule has 0 atom stereocenters. The first-order chi connectivity index (χ1) is 8.97. The first kappa shape index (κ1) is 13.8. The van der Waals surface area contributed by atoms with Gasteiger partial charge < -0.3 is 5.32 Å². The summed E-state index contributed by atoms with van der Waals surface area (Å²) in [4.78, 5) is 8.66. The van der Waals surface area contributed by atoms with Crippen LogP contribution in [0, 0.1) is 6.92 Å². The van der Waals surface area contributed by atoms with Gasteiger partial charge in [-0.15, -0.1) is 0 Å². The van der Waals surface area contributed by atoms with Crippen LogP contribution < -0.4 is 5.32 Å². The topological polar surface area (TPSA) is 55.6 Å². The number of aryl methyl sites for hydroxylation is 1. The number of halogens is 1. The van der Waals surface area contributed by atoms with Gasteiger partial charge in [0.1, 0.15) is 16.8 Å². The molecule has 0 fully saturated rings. The van der Waals surface area contributed by atoms with E-state index < -0.39 is 0 Å². The Hall–Kier alpha value is -1.62.